The second-order valence-electron chi connectivity index (χ2n) is 27.7. The third-order valence-corrected chi connectivity index (χ3v) is 19.3. The Morgan fingerprint density at radius 2 is 0.491 bits per heavy atom. The van der Waals surface area contributed by atoms with Crippen LogP contribution in [0.15, 0.2) is 122 Å². The Bertz CT molecular complexity index is 2480. The van der Waals surface area contributed by atoms with E-state index in [0.29, 0.717) is 25.7 Å². The fraction of sp³-hybridized carbons (Fsp3) is 0.724. The lowest BCUT2D eigenvalue weighted by atomic mass is 10.0. The Kier molecular flexibility index (Phi) is 75.2. The highest BCUT2D eigenvalue weighted by molar-refractivity contribution is 7.47. The first-order valence-electron chi connectivity index (χ1n) is 41.8. The van der Waals surface area contributed by atoms with Gasteiger partial charge in [0.25, 0.3) is 0 Å². The number of hydrogen-bond acceptors (Lipinski definition) is 15. The average Bonchev–Trinajstić information content (AvgIpc) is 0.902. The highest BCUT2D eigenvalue weighted by Gasteiger charge is 2.30. The van der Waals surface area contributed by atoms with Crippen molar-refractivity contribution in [3.05, 3.63) is 122 Å². The van der Waals surface area contributed by atoms with Crippen LogP contribution < -0.4 is 0 Å². The van der Waals surface area contributed by atoms with Gasteiger partial charge in [-0.3, -0.25) is 37.3 Å². The van der Waals surface area contributed by atoms with Gasteiger partial charge in [0, 0.05) is 25.7 Å². The fourth-order valence-electron chi connectivity index (χ4n) is 11.1. The Morgan fingerprint density at radius 3 is 0.774 bits per heavy atom. The minimum Gasteiger partial charge on any atom is -0.462 e. The molecule has 0 rings (SSSR count). The summed E-state index contributed by atoms with van der Waals surface area (Å²) in [5.41, 5.74) is 0. The normalized spacial score (nSPS) is 14.4. The van der Waals surface area contributed by atoms with Crippen molar-refractivity contribution in [1.82, 2.24) is 0 Å². The molecule has 0 bridgehead atoms. The van der Waals surface area contributed by atoms with Crippen LogP contribution in [0.4, 0.5) is 0 Å². The highest BCUT2D eigenvalue weighted by Crippen LogP contribution is 2.45. The number of phosphoric ester groups is 2. The number of carbonyl (C=O) groups is 4. The van der Waals surface area contributed by atoms with Crippen LogP contribution in [0, 0.1) is 0 Å². The molecule has 19 heteroatoms. The van der Waals surface area contributed by atoms with E-state index in [1.807, 2.05) is 0 Å². The quantitative estimate of drug-likeness (QED) is 0.0169. The zero-order valence-electron chi connectivity index (χ0n) is 66.8. The van der Waals surface area contributed by atoms with Gasteiger partial charge < -0.3 is 33.8 Å². The lowest BCUT2D eigenvalue weighted by Gasteiger charge is -2.21. The summed E-state index contributed by atoms with van der Waals surface area (Å²) in [4.78, 5) is 73.2. The largest absolute Gasteiger partial charge is 0.472 e. The number of allylic oxidation sites excluding steroid dienone is 20. The second kappa shape index (κ2) is 78.6. The van der Waals surface area contributed by atoms with E-state index in [9.17, 15) is 43.2 Å². The minimum absolute atomic E-state index is 0.0762. The Balaban J connectivity index is 5.38. The summed E-state index contributed by atoms with van der Waals surface area (Å²) in [5, 5.41) is 10.7. The van der Waals surface area contributed by atoms with Gasteiger partial charge in [0.1, 0.15) is 19.3 Å². The summed E-state index contributed by atoms with van der Waals surface area (Å²) in [6, 6.07) is 0. The van der Waals surface area contributed by atoms with E-state index in [4.69, 9.17) is 37.0 Å². The average molecular weight is 1530 g/mol. The minimum atomic E-state index is -4.99. The summed E-state index contributed by atoms with van der Waals surface area (Å²) in [5.74, 6) is -2.21. The van der Waals surface area contributed by atoms with E-state index in [-0.39, 0.29) is 25.7 Å². The predicted molar refractivity (Wildman–Crippen MR) is 436 cm³/mol. The van der Waals surface area contributed by atoms with Gasteiger partial charge in [0.2, 0.25) is 0 Å². The lowest BCUT2D eigenvalue weighted by Crippen LogP contribution is -2.30. The zero-order valence-corrected chi connectivity index (χ0v) is 68.6. The molecule has 0 aromatic carbocycles. The molecular formula is C87H150O17P2. The molecule has 0 amide bonds. The van der Waals surface area contributed by atoms with Gasteiger partial charge in [-0.2, -0.15) is 0 Å². The molecular weight excluding hydrogens is 1380 g/mol. The summed E-state index contributed by atoms with van der Waals surface area (Å²) >= 11 is 0. The van der Waals surface area contributed by atoms with Gasteiger partial charge in [0.05, 0.1) is 26.4 Å². The van der Waals surface area contributed by atoms with Crippen molar-refractivity contribution < 1.29 is 80.2 Å². The molecule has 0 aliphatic carbocycles. The summed E-state index contributed by atoms with van der Waals surface area (Å²) in [6.07, 6.45) is 87.3. The Morgan fingerprint density at radius 1 is 0.274 bits per heavy atom. The molecule has 5 atom stereocenters. The summed E-state index contributed by atoms with van der Waals surface area (Å²) < 4.78 is 68.7. The van der Waals surface area contributed by atoms with Gasteiger partial charge in [-0.25, -0.2) is 9.13 Å². The molecule has 0 aliphatic rings. The van der Waals surface area contributed by atoms with Gasteiger partial charge >= 0.3 is 39.5 Å². The van der Waals surface area contributed by atoms with Gasteiger partial charge in [-0.05, 0) is 135 Å². The van der Waals surface area contributed by atoms with Crippen LogP contribution in [-0.2, 0) is 65.4 Å². The van der Waals surface area contributed by atoms with Gasteiger partial charge in [-0.15, -0.1) is 0 Å². The molecule has 0 heterocycles. The number of aliphatic hydroxyl groups excluding tert-OH is 1. The summed E-state index contributed by atoms with van der Waals surface area (Å²) in [6.45, 7) is 4.62. The molecule has 17 nitrogen and oxygen atoms in total. The molecule has 0 aromatic rings. The van der Waals surface area contributed by atoms with Crippen molar-refractivity contribution in [1.29, 1.82) is 0 Å². The molecule has 0 fully saturated rings. The molecule has 0 aliphatic heterocycles. The zero-order chi connectivity index (χ0) is 77.4. The van der Waals surface area contributed by atoms with Crippen LogP contribution in [0.25, 0.3) is 0 Å². The van der Waals surface area contributed by atoms with Crippen molar-refractivity contribution in [3.8, 4) is 0 Å². The monoisotopic (exact) mass is 1530 g/mol. The molecule has 5 unspecified atom stereocenters. The van der Waals surface area contributed by atoms with E-state index in [1.54, 1.807) is 0 Å². The summed E-state index contributed by atoms with van der Waals surface area (Å²) in [7, 11) is -9.97. The fourth-order valence-corrected chi connectivity index (χ4v) is 12.7. The van der Waals surface area contributed by atoms with Crippen molar-refractivity contribution in [2.24, 2.45) is 0 Å². The van der Waals surface area contributed by atoms with E-state index in [0.717, 1.165) is 199 Å². The number of hydrogen-bond donors (Lipinski definition) is 3. The van der Waals surface area contributed by atoms with Crippen LogP contribution in [0.5, 0.6) is 0 Å². The Labute approximate surface area is 644 Å². The number of ether oxygens (including phenoxy) is 4. The molecule has 0 spiro atoms. The SMILES string of the molecule is CC/C=C\C/C=C\C/C=C\C/C=C\CCCCCCC(=O)OCC(COP(=O)(O)OCC(O)COP(=O)(O)OCC(COC(=O)CCCCCCCC/C=C\C/C=C\C/C=C\CCCCC)OC(=O)CCCCCCCCCCCCCCC)OC(=O)CCCCCCCCC/C=C\C/C=C\C/C=C\CC. The van der Waals surface area contributed by atoms with Gasteiger partial charge in [0.15, 0.2) is 12.2 Å². The maximum absolute atomic E-state index is 13.1. The molecule has 0 radical (unpaired) electrons. The van der Waals surface area contributed by atoms with Crippen LogP contribution in [0.1, 0.15) is 349 Å². The molecule has 610 valence electrons. The lowest BCUT2D eigenvalue weighted by molar-refractivity contribution is -0.161. The van der Waals surface area contributed by atoms with Crippen LogP contribution in [0.3, 0.4) is 0 Å². The Hall–Kier alpha value is -4.54. The van der Waals surface area contributed by atoms with Crippen LogP contribution in [-0.4, -0.2) is 96.7 Å². The van der Waals surface area contributed by atoms with E-state index in [2.05, 4.69) is 149 Å². The third kappa shape index (κ3) is 77.6. The van der Waals surface area contributed by atoms with Crippen LogP contribution in [0.2, 0.25) is 0 Å². The maximum Gasteiger partial charge on any atom is 0.472 e. The number of unbranched alkanes of at least 4 members (excludes halogenated alkanes) is 32. The molecule has 0 saturated carbocycles. The van der Waals surface area contributed by atoms with E-state index < -0.39 is 97.5 Å². The molecule has 106 heavy (non-hydrogen) atoms. The number of carbonyl (C=O) groups excluding carboxylic acids is 4. The third-order valence-electron chi connectivity index (χ3n) is 17.4. The predicted octanol–water partition coefficient (Wildman–Crippen LogP) is 24.7. The van der Waals surface area contributed by atoms with Crippen molar-refractivity contribution in [2.75, 3.05) is 39.6 Å². The highest BCUT2D eigenvalue weighted by atomic mass is 31.2. The van der Waals surface area contributed by atoms with Crippen molar-refractivity contribution in [3.63, 3.8) is 0 Å². The molecule has 0 saturated heterocycles. The van der Waals surface area contributed by atoms with Crippen molar-refractivity contribution in [2.45, 2.75) is 367 Å². The smallest absolute Gasteiger partial charge is 0.462 e. The van der Waals surface area contributed by atoms with Crippen LogP contribution >= 0.6 is 15.6 Å². The second-order valence-corrected chi connectivity index (χ2v) is 30.6. The molecule has 3 N–H and O–H groups in total. The molecule has 0 aromatic heterocycles. The van der Waals surface area contributed by atoms with Crippen molar-refractivity contribution >= 4 is 39.5 Å². The first-order chi connectivity index (χ1) is 51.7. The maximum atomic E-state index is 13.1. The number of phosphoric acid groups is 2. The number of esters is 4. The van der Waals surface area contributed by atoms with E-state index >= 15 is 0 Å². The number of rotatable bonds is 78. The first kappa shape index (κ1) is 101. The topological polar surface area (TPSA) is 237 Å². The first-order valence-corrected chi connectivity index (χ1v) is 44.8. The number of aliphatic hydroxyl groups is 1. The van der Waals surface area contributed by atoms with Gasteiger partial charge in [-0.1, -0.05) is 310 Å². The van der Waals surface area contributed by atoms with E-state index in [1.165, 1.54) is 70.6 Å². The standard InChI is InChI=1S/C87H150O17P2/c1-5-9-13-17-21-25-29-33-36-39-40-43-45-49-52-56-60-64-68-72-85(90)97-77-82(103-86(91)73-69-65-61-57-53-47-32-28-24-20-16-12-8-4)79-101-105(93,94)99-75-81(88)76-100-106(95,96)102-80-83(104-87(92)74-70-66-62-58-54-50-46-42-38-35-31-27-23-19-15-11-7-3)78-98-84(89)71-67-63-59-55-51-48-44-41-37-34-30-26-22-18-14-10-6-2/h10-11,14-15,21-23,25-27,33-38,40,43-44,48,81-83,88H,5-9,12-13,16-20,24,28-32,39,41-42,45-47,49-80H2,1-4H3,(H,93,94)(H,95,96)/b14-10-,15-11-,25-21-,26-22-,27-23-,36-33-,37-34-,38-35-,43-40-,48-44-.